The zero-order valence-electron chi connectivity index (χ0n) is 10.3. The first kappa shape index (κ1) is 12.9. The maximum absolute atomic E-state index is 13.8. The van der Waals surface area contributed by atoms with Gasteiger partial charge in [0.05, 0.1) is 12.1 Å². The van der Waals surface area contributed by atoms with E-state index in [2.05, 4.69) is 15.9 Å². The molecule has 0 aliphatic heterocycles. The molecular formula is C14H10BrFN2O2. The predicted molar refractivity (Wildman–Crippen MR) is 78.1 cm³/mol. The minimum absolute atomic E-state index is 0.0982. The molecule has 0 spiro atoms. The molecule has 3 rings (SSSR count). The van der Waals surface area contributed by atoms with Gasteiger partial charge in [0.2, 0.25) is 0 Å². The lowest BCUT2D eigenvalue weighted by atomic mass is 10.2. The minimum atomic E-state index is -0.537. The topological polar surface area (TPSA) is 61.2 Å². The third kappa shape index (κ3) is 2.22. The highest BCUT2D eigenvalue weighted by Gasteiger charge is 2.12. The number of fused-ring (bicyclic) bond motifs is 1. The lowest BCUT2D eigenvalue weighted by molar-refractivity contribution is 0.512. The number of aromatic nitrogens is 1. The van der Waals surface area contributed by atoms with E-state index in [1.165, 1.54) is 10.6 Å². The van der Waals surface area contributed by atoms with Crippen LogP contribution in [-0.4, -0.2) is 4.57 Å². The molecule has 0 aliphatic rings. The van der Waals surface area contributed by atoms with Crippen molar-refractivity contribution < 1.29 is 8.81 Å². The Labute approximate surface area is 121 Å². The highest BCUT2D eigenvalue weighted by atomic mass is 79.9. The number of halogens is 2. The first-order chi connectivity index (χ1) is 9.54. The first-order valence-electron chi connectivity index (χ1n) is 5.87. The molecule has 0 saturated carbocycles. The van der Waals surface area contributed by atoms with Crippen molar-refractivity contribution in [3.05, 3.63) is 62.8 Å². The first-order valence-corrected chi connectivity index (χ1v) is 6.67. The second-order valence-corrected chi connectivity index (χ2v) is 5.33. The Morgan fingerprint density at radius 2 is 2.05 bits per heavy atom. The number of oxazole rings is 1. The normalized spacial score (nSPS) is 11.1. The van der Waals surface area contributed by atoms with Crippen LogP contribution in [0.25, 0.3) is 11.1 Å². The summed E-state index contributed by atoms with van der Waals surface area (Å²) in [6.45, 7) is 0.0982. The summed E-state index contributed by atoms with van der Waals surface area (Å²) in [5.74, 6) is -0.908. The number of hydrogen-bond acceptors (Lipinski definition) is 3. The highest BCUT2D eigenvalue weighted by Crippen LogP contribution is 2.20. The number of nitrogens with two attached hydrogens (primary N) is 1. The summed E-state index contributed by atoms with van der Waals surface area (Å²) < 4.78 is 21.0. The van der Waals surface area contributed by atoms with Crippen LogP contribution in [-0.2, 0) is 6.54 Å². The molecule has 0 unspecified atom stereocenters. The minimum Gasteiger partial charge on any atom is -0.408 e. The molecule has 1 heterocycles. The molecule has 102 valence electrons. The maximum atomic E-state index is 13.8. The Morgan fingerprint density at radius 1 is 1.25 bits per heavy atom. The molecule has 2 N–H and O–H groups in total. The molecule has 0 saturated heterocycles. The fourth-order valence-corrected chi connectivity index (χ4v) is 2.48. The summed E-state index contributed by atoms with van der Waals surface area (Å²) in [7, 11) is 0. The summed E-state index contributed by atoms with van der Waals surface area (Å²) >= 11 is 3.28. The number of benzene rings is 2. The van der Waals surface area contributed by atoms with Gasteiger partial charge < -0.3 is 10.2 Å². The standard InChI is InChI=1S/C14H10BrFN2O2/c15-9-1-3-11(16)8(5-9)7-18-12-4-2-10(17)6-13(12)20-14(18)19/h1-6H,7,17H2. The Morgan fingerprint density at radius 3 is 2.85 bits per heavy atom. The van der Waals surface area contributed by atoms with Gasteiger partial charge in [0.15, 0.2) is 5.58 Å². The van der Waals surface area contributed by atoms with Crippen LogP contribution >= 0.6 is 15.9 Å². The lowest BCUT2D eigenvalue weighted by Gasteiger charge is -2.05. The highest BCUT2D eigenvalue weighted by molar-refractivity contribution is 9.10. The van der Waals surface area contributed by atoms with Crippen molar-refractivity contribution in [3.63, 3.8) is 0 Å². The maximum Gasteiger partial charge on any atom is 0.420 e. The quantitative estimate of drug-likeness (QED) is 0.731. The summed E-state index contributed by atoms with van der Waals surface area (Å²) in [5, 5.41) is 0. The molecular weight excluding hydrogens is 327 g/mol. The molecule has 0 amide bonds. The van der Waals surface area contributed by atoms with Crippen LogP contribution in [0.2, 0.25) is 0 Å². The van der Waals surface area contributed by atoms with Gasteiger partial charge in [0.1, 0.15) is 5.82 Å². The van der Waals surface area contributed by atoms with Crippen LogP contribution in [0.3, 0.4) is 0 Å². The van der Waals surface area contributed by atoms with E-state index >= 15 is 0 Å². The molecule has 6 heteroatoms. The number of hydrogen-bond donors (Lipinski definition) is 1. The average Bonchev–Trinajstić information content (AvgIpc) is 2.69. The number of nitrogen functional groups attached to an aromatic ring is 1. The monoisotopic (exact) mass is 336 g/mol. The van der Waals surface area contributed by atoms with Crippen LogP contribution in [0.4, 0.5) is 10.1 Å². The van der Waals surface area contributed by atoms with Crippen LogP contribution in [0.15, 0.2) is 50.1 Å². The van der Waals surface area contributed by atoms with Crippen LogP contribution in [0.5, 0.6) is 0 Å². The van der Waals surface area contributed by atoms with E-state index in [9.17, 15) is 9.18 Å². The Balaban J connectivity index is 2.13. The van der Waals surface area contributed by atoms with Crippen molar-refractivity contribution in [2.45, 2.75) is 6.54 Å². The molecule has 0 bridgehead atoms. The van der Waals surface area contributed by atoms with Gasteiger partial charge in [0.25, 0.3) is 0 Å². The summed E-state index contributed by atoms with van der Waals surface area (Å²) in [4.78, 5) is 11.9. The summed E-state index contributed by atoms with van der Waals surface area (Å²) in [6, 6.07) is 9.53. The zero-order valence-corrected chi connectivity index (χ0v) is 11.9. The average molecular weight is 337 g/mol. The van der Waals surface area contributed by atoms with E-state index in [-0.39, 0.29) is 12.4 Å². The van der Waals surface area contributed by atoms with Crippen LogP contribution in [0, 0.1) is 5.82 Å². The van der Waals surface area contributed by atoms with Crippen molar-refractivity contribution in [2.24, 2.45) is 0 Å². The summed E-state index contributed by atoms with van der Waals surface area (Å²) in [6.07, 6.45) is 0. The molecule has 0 aliphatic carbocycles. The largest absolute Gasteiger partial charge is 0.420 e. The Hall–Kier alpha value is -2.08. The molecule has 0 atom stereocenters. The van der Waals surface area contributed by atoms with E-state index < -0.39 is 5.76 Å². The third-order valence-corrected chi connectivity index (χ3v) is 3.52. The zero-order chi connectivity index (χ0) is 14.3. The van der Waals surface area contributed by atoms with Crippen LogP contribution in [0.1, 0.15) is 5.56 Å². The molecule has 4 nitrogen and oxygen atoms in total. The van der Waals surface area contributed by atoms with Crippen molar-refractivity contribution in [3.8, 4) is 0 Å². The number of rotatable bonds is 2. The second-order valence-electron chi connectivity index (χ2n) is 4.42. The third-order valence-electron chi connectivity index (χ3n) is 3.03. The summed E-state index contributed by atoms with van der Waals surface area (Å²) in [5.41, 5.74) is 7.53. The molecule has 0 radical (unpaired) electrons. The Kier molecular flexibility index (Phi) is 3.10. The molecule has 2 aromatic carbocycles. The van der Waals surface area contributed by atoms with Gasteiger partial charge in [-0.25, -0.2) is 9.18 Å². The fraction of sp³-hybridized carbons (Fsp3) is 0.0714. The Bertz CT molecular complexity index is 854. The van der Waals surface area contributed by atoms with E-state index in [4.69, 9.17) is 10.2 Å². The SMILES string of the molecule is Nc1ccc2c(c1)oc(=O)n2Cc1cc(Br)ccc1F. The smallest absolute Gasteiger partial charge is 0.408 e. The van der Waals surface area contributed by atoms with Gasteiger partial charge in [-0.3, -0.25) is 4.57 Å². The van der Waals surface area contributed by atoms with Crippen molar-refractivity contribution in [1.82, 2.24) is 4.57 Å². The molecule has 1 aromatic heterocycles. The van der Waals surface area contributed by atoms with Crippen LogP contribution < -0.4 is 11.5 Å². The molecule has 3 aromatic rings. The van der Waals surface area contributed by atoms with Gasteiger partial charge in [-0.15, -0.1) is 0 Å². The molecule has 20 heavy (non-hydrogen) atoms. The van der Waals surface area contributed by atoms with E-state index in [0.29, 0.717) is 22.4 Å². The van der Waals surface area contributed by atoms with Crippen molar-refractivity contribution in [2.75, 3.05) is 5.73 Å². The van der Waals surface area contributed by atoms with E-state index in [1.54, 1.807) is 30.3 Å². The van der Waals surface area contributed by atoms with E-state index in [0.717, 1.165) is 4.47 Å². The number of anilines is 1. The second kappa shape index (κ2) is 4.79. The van der Waals surface area contributed by atoms with E-state index in [1.807, 2.05) is 0 Å². The lowest BCUT2D eigenvalue weighted by Crippen LogP contribution is -2.15. The van der Waals surface area contributed by atoms with Crippen molar-refractivity contribution in [1.29, 1.82) is 0 Å². The van der Waals surface area contributed by atoms with Gasteiger partial charge >= 0.3 is 5.76 Å². The van der Waals surface area contributed by atoms with Gasteiger partial charge in [-0.1, -0.05) is 15.9 Å². The van der Waals surface area contributed by atoms with Gasteiger partial charge in [-0.2, -0.15) is 0 Å². The fourth-order valence-electron chi connectivity index (χ4n) is 2.07. The predicted octanol–water partition coefficient (Wildman–Crippen LogP) is 3.13. The van der Waals surface area contributed by atoms with Gasteiger partial charge in [-0.05, 0) is 30.3 Å². The molecule has 0 fully saturated rings. The van der Waals surface area contributed by atoms with Crippen molar-refractivity contribution >= 4 is 32.7 Å². The van der Waals surface area contributed by atoms with Gasteiger partial charge in [0, 0.05) is 21.8 Å². The number of nitrogens with zero attached hydrogens (tertiary/aromatic N) is 1.